The lowest BCUT2D eigenvalue weighted by Crippen LogP contribution is -2.44. The van der Waals surface area contributed by atoms with Gasteiger partial charge in [0, 0.05) is 25.5 Å². The minimum atomic E-state index is -0.265. The minimum Gasteiger partial charge on any atom is -0.469 e. The van der Waals surface area contributed by atoms with Crippen LogP contribution >= 0.6 is 15.9 Å². The van der Waals surface area contributed by atoms with Gasteiger partial charge in [0.05, 0.1) is 30.7 Å². The van der Waals surface area contributed by atoms with Crippen LogP contribution < -0.4 is 4.90 Å². The van der Waals surface area contributed by atoms with E-state index in [1.807, 2.05) is 4.90 Å². The van der Waals surface area contributed by atoms with Gasteiger partial charge < -0.3 is 14.4 Å². The molecule has 6 nitrogen and oxygen atoms in total. The predicted molar refractivity (Wildman–Crippen MR) is 68.3 cm³/mol. The molecule has 1 fully saturated rings. The summed E-state index contributed by atoms with van der Waals surface area (Å²) >= 11 is 3.29. The molecule has 0 radical (unpaired) electrons. The third-order valence-corrected chi connectivity index (χ3v) is 3.06. The van der Waals surface area contributed by atoms with Crippen molar-refractivity contribution in [1.29, 1.82) is 0 Å². The number of halogens is 1. The number of anilines is 1. The van der Waals surface area contributed by atoms with Crippen molar-refractivity contribution in [2.45, 2.75) is 12.5 Å². The summed E-state index contributed by atoms with van der Waals surface area (Å²) in [6, 6.07) is 0. The van der Waals surface area contributed by atoms with Crippen molar-refractivity contribution in [2.24, 2.45) is 0 Å². The van der Waals surface area contributed by atoms with Crippen molar-refractivity contribution in [2.75, 3.05) is 31.7 Å². The number of methoxy groups -OCH3 is 1. The molecule has 98 valence electrons. The normalized spacial score (nSPS) is 19.7. The molecule has 0 aromatic carbocycles. The van der Waals surface area contributed by atoms with Crippen LogP contribution in [0.15, 0.2) is 16.9 Å². The quantitative estimate of drug-likeness (QED) is 0.776. The molecule has 1 saturated heterocycles. The molecule has 1 aromatic heterocycles. The number of morpholine rings is 1. The van der Waals surface area contributed by atoms with E-state index >= 15 is 0 Å². The maximum atomic E-state index is 11.2. The number of esters is 1. The zero-order chi connectivity index (χ0) is 13.0. The smallest absolute Gasteiger partial charge is 0.308 e. The number of aromatic nitrogens is 2. The Morgan fingerprint density at radius 3 is 3.00 bits per heavy atom. The molecular weight excluding hydrogens is 302 g/mol. The summed E-state index contributed by atoms with van der Waals surface area (Å²) in [5.74, 6) is 0.384. The summed E-state index contributed by atoms with van der Waals surface area (Å²) < 4.78 is 11.0. The molecule has 0 amide bonds. The number of carbonyl (C=O) groups excluding carboxylic acids is 1. The first-order valence-corrected chi connectivity index (χ1v) is 6.39. The van der Waals surface area contributed by atoms with Gasteiger partial charge in [-0.15, -0.1) is 0 Å². The zero-order valence-corrected chi connectivity index (χ0v) is 11.6. The Bertz CT molecular complexity index is 412. The van der Waals surface area contributed by atoms with Gasteiger partial charge in [0.25, 0.3) is 0 Å². The standard InChI is InChI=1S/C11H14BrN3O3/c1-17-10(16)4-9-7-15(2-3-18-9)11-13-5-8(12)6-14-11/h5-6,9H,2-4,7H2,1H3. The fourth-order valence-electron chi connectivity index (χ4n) is 1.76. The van der Waals surface area contributed by atoms with Crippen LogP contribution in [0.4, 0.5) is 5.95 Å². The predicted octanol–water partition coefficient (Wildman–Crippen LogP) is 1.01. The Balaban J connectivity index is 1.98. The molecule has 1 aliphatic heterocycles. The number of rotatable bonds is 3. The number of hydrogen-bond acceptors (Lipinski definition) is 6. The van der Waals surface area contributed by atoms with Crippen molar-refractivity contribution in [3.63, 3.8) is 0 Å². The monoisotopic (exact) mass is 315 g/mol. The first kappa shape index (κ1) is 13.2. The van der Waals surface area contributed by atoms with Crippen molar-refractivity contribution in [1.82, 2.24) is 9.97 Å². The highest BCUT2D eigenvalue weighted by molar-refractivity contribution is 9.10. The SMILES string of the molecule is COC(=O)CC1CN(c2ncc(Br)cn2)CCO1. The van der Waals surface area contributed by atoms with Crippen LogP contribution in [0, 0.1) is 0 Å². The van der Waals surface area contributed by atoms with E-state index in [0.29, 0.717) is 19.1 Å². The molecule has 0 spiro atoms. The van der Waals surface area contributed by atoms with Gasteiger partial charge in [-0.3, -0.25) is 4.79 Å². The molecule has 1 aliphatic rings. The first-order chi connectivity index (χ1) is 8.69. The maximum Gasteiger partial charge on any atom is 0.308 e. The molecule has 2 heterocycles. The Kier molecular flexibility index (Phi) is 4.48. The highest BCUT2D eigenvalue weighted by Crippen LogP contribution is 2.16. The lowest BCUT2D eigenvalue weighted by atomic mass is 10.2. The lowest BCUT2D eigenvalue weighted by molar-refractivity contribution is -0.144. The van der Waals surface area contributed by atoms with Gasteiger partial charge in [0.15, 0.2) is 0 Å². The Labute approximate surface area is 113 Å². The Hall–Kier alpha value is -1.21. The lowest BCUT2D eigenvalue weighted by Gasteiger charge is -2.32. The summed E-state index contributed by atoms with van der Waals surface area (Å²) in [5.41, 5.74) is 0. The highest BCUT2D eigenvalue weighted by Gasteiger charge is 2.24. The average Bonchev–Trinajstić information content (AvgIpc) is 2.40. The van der Waals surface area contributed by atoms with Gasteiger partial charge in [0.1, 0.15) is 0 Å². The van der Waals surface area contributed by atoms with E-state index in [0.717, 1.165) is 11.0 Å². The molecule has 0 saturated carbocycles. The number of nitrogens with zero attached hydrogens (tertiary/aromatic N) is 3. The van der Waals surface area contributed by atoms with Gasteiger partial charge in [0.2, 0.25) is 5.95 Å². The van der Waals surface area contributed by atoms with Crippen LogP contribution in [-0.2, 0) is 14.3 Å². The molecule has 0 N–H and O–H groups in total. The van der Waals surface area contributed by atoms with E-state index < -0.39 is 0 Å². The van der Waals surface area contributed by atoms with Crippen molar-refractivity contribution >= 4 is 27.8 Å². The van der Waals surface area contributed by atoms with Crippen LogP contribution in [-0.4, -0.2) is 48.8 Å². The second-order valence-electron chi connectivity index (χ2n) is 3.92. The van der Waals surface area contributed by atoms with Gasteiger partial charge in [-0.2, -0.15) is 0 Å². The average molecular weight is 316 g/mol. The van der Waals surface area contributed by atoms with Gasteiger partial charge in [-0.25, -0.2) is 9.97 Å². The summed E-state index contributed by atoms with van der Waals surface area (Å²) in [5, 5.41) is 0. The molecule has 1 aromatic rings. The van der Waals surface area contributed by atoms with E-state index in [-0.39, 0.29) is 18.5 Å². The molecule has 1 unspecified atom stereocenters. The summed E-state index contributed by atoms with van der Waals surface area (Å²) in [7, 11) is 1.38. The Morgan fingerprint density at radius 1 is 1.61 bits per heavy atom. The fourth-order valence-corrected chi connectivity index (χ4v) is 1.97. The summed E-state index contributed by atoms with van der Waals surface area (Å²) in [4.78, 5) is 21.7. The fraction of sp³-hybridized carbons (Fsp3) is 0.545. The minimum absolute atomic E-state index is 0.168. The summed E-state index contributed by atoms with van der Waals surface area (Å²) in [6.45, 7) is 1.87. The van der Waals surface area contributed by atoms with E-state index in [1.165, 1.54) is 7.11 Å². The third-order valence-electron chi connectivity index (χ3n) is 2.65. The molecule has 0 aliphatic carbocycles. The van der Waals surface area contributed by atoms with Gasteiger partial charge >= 0.3 is 5.97 Å². The van der Waals surface area contributed by atoms with E-state index in [9.17, 15) is 4.79 Å². The zero-order valence-electron chi connectivity index (χ0n) is 10.0. The van der Waals surface area contributed by atoms with E-state index in [1.54, 1.807) is 12.4 Å². The van der Waals surface area contributed by atoms with Crippen molar-refractivity contribution in [3.8, 4) is 0 Å². The molecule has 7 heteroatoms. The molecule has 2 rings (SSSR count). The third kappa shape index (κ3) is 3.39. The van der Waals surface area contributed by atoms with Crippen LogP contribution in [0.1, 0.15) is 6.42 Å². The van der Waals surface area contributed by atoms with E-state index in [2.05, 4.69) is 30.6 Å². The summed E-state index contributed by atoms with van der Waals surface area (Å²) in [6.07, 6.45) is 3.49. The van der Waals surface area contributed by atoms with Crippen molar-refractivity contribution < 1.29 is 14.3 Å². The topological polar surface area (TPSA) is 64.5 Å². The second kappa shape index (κ2) is 6.10. The Morgan fingerprint density at radius 2 is 2.33 bits per heavy atom. The number of carbonyl (C=O) groups is 1. The van der Waals surface area contributed by atoms with Crippen LogP contribution in [0.2, 0.25) is 0 Å². The van der Waals surface area contributed by atoms with E-state index in [4.69, 9.17) is 4.74 Å². The largest absolute Gasteiger partial charge is 0.469 e. The first-order valence-electron chi connectivity index (χ1n) is 5.60. The molecular formula is C11H14BrN3O3. The molecule has 1 atom stereocenters. The van der Waals surface area contributed by atoms with Crippen molar-refractivity contribution in [3.05, 3.63) is 16.9 Å². The van der Waals surface area contributed by atoms with Crippen LogP contribution in [0.3, 0.4) is 0 Å². The molecule has 18 heavy (non-hydrogen) atoms. The van der Waals surface area contributed by atoms with Crippen LogP contribution in [0.5, 0.6) is 0 Å². The number of ether oxygens (including phenoxy) is 2. The molecule has 0 bridgehead atoms. The second-order valence-corrected chi connectivity index (χ2v) is 4.84. The highest BCUT2D eigenvalue weighted by atomic mass is 79.9. The number of hydrogen-bond donors (Lipinski definition) is 0. The van der Waals surface area contributed by atoms with Crippen LogP contribution in [0.25, 0.3) is 0 Å². The van der Waals surface area contributed by atoms with Gasteiger partial charge in [-0.1, -0.05) is 0 Å². The van der Waals surface area contributed by atoms with Gasteiger partial charge in [-0.05, 0) is 15.9 Å². The maximum absolute atomic E-state index is 11.2.